The molecule has 112 valence electrons. The van der Waals surface area contributed by atoms with E-state index in [2.05, 4.69) is 15.6 Å². The molecular weight excluding hydrogens is 278 g/mol. The molecule has 0 radical (unpaired) electrons. The zero-order valence-electron chi connectivity index (χ0n) is 12.1. The molecule has 2 rings (SSSR count). The Morgan fingerprint density at radius 3 is 2.62 bits per heavy atom. The Bertz CT molecular complexity index is 703. The van der Waals surface area contributed by atoms with Crippen molar-refractivity contribution >= 4 is 17.4 Å². The molecule has 1 atom stereocenters. The zero-order chi connectivity index (χ0) is 15.7. The van der Waals surface area contributed by atoms with Crippen LogP contribution in [-0.2, 0) is 4.79 Å². The third kappa shape index (κ3) is 2.76. The van der Waals surface area contributed by atoms with Crippen molar-refractivity contribution in [1.29, 1.82) is 0 Å². The van der Waals surface area contributed by atoms with Gasteiger partial charge < -0.3 is 9.84 Å². The molecule has 21 heavy (non-hydrogen) atoms. The number of nitrogens with one attached hydrogen (secondary N) is 1. The highest BCUT2D eigenvalue weighted by Crippen LogP contribution is 2.25. The number of hydrogen-bond acceptors (Lipinski definition) is 6. The predicted molar refractivity (Wildman–Crippen MR) is 72.9 cm³/mol. The van der Waals surface area contributed by atoms with Crippen molar-refractivity contribution in [3.8, 4) is 0 Å². The third-order valence-corrected chi connectivity index (χ3v) is 3.09. The van der Waals surface area contributed by atoms with E-state index in [1.165, 1.54) is 11.6 Å². The minimum atomic E-state index is -0.714. The average molecular weight is 293 g/mol. The second-order valence-corrected chi connectivity index (χ2v) is 4.71. The molecule has 0 aliphatic heterocycles. The third-order valence-electron chi connectivity index (χ3n) is 3.09. The zero-order valence-corrected chi connectivity index (χ0v) is 12.1. The summed E-state index contributed by atoms with van der Waals surface area (Å²) >= 11 is 0. The van der Waals surface area contributed by atoms with Gasteiger partial charge in [-0.25, -0.2) is 0 Å². The van der Waals surface area contributed by atoms with E-state index < -0.39 is 11.0 Å². The first-order chi connectivity index (χ1) is 9.81. The van der Waals surface area contributed by atoms with Gasteiger partial charge in [0.15, 0.2) is 5.82 Å². The molecule has 2 aromatic rings. The minimum absolute atomic E-state index is 0.0769. The van der Waals surface area contributed by atoms with Crippen LogP contribution in [0.25, 0.3) is 0 Å². The summed E-state index contributed by atoms with van der Waals surface area (Å²) in [4.78, 5) is 22.6. The van der Waals surface area contributed by atoms with Crippen molar-refractivity contribution in [2.45, 2.75) is 33.7 Å². The summed E-state index contributed by atoms with van der Waals surface area (Å²) in [5, 5.41) is 21.3. The Kier molecular flexibility index (Phi) is 3.74. The fraction of sp³-hybridized carbons (Fsp3) is 0.417. The second kappa shape index (κ2) is 5.35. The highest BCUT2D eigenvalue weighted by atomic mass is 16.6. The van der Waals surface area contributed by atoms with Crippen LogP contribution in [0.15, 0.2) is 10.6 Å². The van der Waals surface area contributed by atoms with Crippen molar-refractivity contribution in [2.75, 3.05) is 5.32 Å². The van der Waals surface area contributed by atoms with Gasteiger partial charge in [-0.1, -0.05) is 5.16 Å². The SMILES string of the molecule is Cc1cc(NC(=O)C(C)n2nc(C)c([N+](=O)[O-])c2C)no1. The van der Waals surface area contributed by atoms with Crippen LogP contribution >= 0.6 is 0 Å². The fourth-order valence-corrected chi connectivity index (χ4v) is 2.06. The van der Waals surface area contributed by atoms with Gasteiger partial charge in [0.05, 0.1) is 4.92 Å². The summed E-state index contributed by atoms with van der Waals surface area (Å²) in [6, 6.07) is 0.864. The van der Waals surface area contributed by atoms with Crippen LogP contribution in [0.5, 0.6) is 0 Å². The number of nitrogens with zero attached hydrogens (tertiary/aromatic N) is 4. The van der Waals surface area contributed by atoms with E-state index >= 15 is 0 Å². The van der Waals surface area contributed by atoms with Crippen molar-refractivity contribution in [2.24, 2.45) is 0 Å². The lowest BCUT2D eigenvalue weighted by molar-refractivity contribution is -0.386. The van der Waals surface area contributed by atoms with E-state index in [1.807, 2.05) is 0 Å². The van der Waals surface area contributed by atoms with Gasteiger partial charge in [0.1, 0.15) is 23.2 Å². The van der Waals surface area contributed by atoms with Crippen LogP contribution in [-0.4, -0.2) is 25.8 Å². The number of anilines is 1. The molecule has 0 bridgehead atoms. The summed E-state index contributed by atoms with van der Waals surface area (Å²) in [7, 11) is 0. The Morgan fingerprint density at radius 1 is 1.48 bits per heavy atom. The Balaban J connectivity index is 2.23. The van der Waals surface area contributed by atoms with Gasteiger partial charge in [0, 0.05) is 6.07 Å². The quantitative estimate of drug-likeness (QED) is 0.679. The maximum atomic E-state index is 12.1. The first-order valence-electron chi connectivity index (χ1n) is 6.25. The lowest BCUT2D eigenvalue weighted by Crippen LogP contribution is -2.25. The molecule has 1 N–H and O–H groups in total. The number of rotatable bonds is 4. The molecule has 0 aliphatic carbocycles. The standard InChI is InChI=1S/C12H15N5O4/c1-6-5-10(15-21-6)13-12(18)9(4)16-8(3)11(17(19)20)7(2)14-16/h5,9H,1-4H3,(H,13,15,18). The molecule has 0 saturated heterocycles. The molecule has 0 saturated carbocycles. The van der Waals surface area contributed by atoms with Crippen LogP contribution in [0.4, 0.5) is 11.5 Å². The maximum absolute atomic E-state index is 12.1. The van der Waals surface area contributed by atoms with Gasteiger partial charge in [-0.05, 0) is 27.7 Å². The first kappa shape index (κ1) is 14.7. The van der Waals surface area contributed by atoms with Gasteiger partial charge >= 0.3 is 5.69 Å². The lowest BCUT2D eigenvalue weighted by Gasteiger charge is -2.12. The molecule has 1 amide bonds. The van der Waals surface area contributed by atoms with Crippen LogP contribution in [0, 0.1) is 30.9 Å². The Morgan fingerprint density at radius 2 is 2.14 bits per heavy atom. The monoisotopic (exact) mass is 293 g/mol. The van der Waals surface area contributed by atoms with E-state index in [0.29, 0.717) is 17.3 Å². The Hall–Kier alpha value is -2.71. The number of carbonyl (C=O) groups excluding carboxylic acids is 1. The predicted octanol–water partition coefficient (Wildman–Crippen LogP) is 1.90. The maximum Gasteiger partial charge on any atom is 0.312 e. The van der Waals surface area contributed by atoms with E-state index in [-0.39, 0.29) is 17.3 Å². The van der Waals surface area contributed by atoms with Crippen LogP contribution in [0.2, 0.25) is 0 Å². The van der Waals surface area contributed by atoms with E-state index in [9.17, 15) is 14.9 Å². The van der Waals surface area contributed by atoms with E-state index in [0.717, 1.165) is 0 Å². The lowest BCUT2D eigenvalue weighted by atomic mass is 10.3. The average Bonchev–Trinajstić information content (AvgIpc) is 2.92. The highest BCUT2D eigenvalue weighted by molar-refractivity contribution is 5.92. The van der Waals surface area contributed by atoms with Crippen LogP contribution in [0.1, 0.15) is 30.1 Å². The largest absolute Gasteiger partial charge is 0.360 e. The Labute approximate surface area is 120 Å². The van der Waals surface area contributed by atoms with Crippen molar-refractivity contribution in [3.63, 3.8) is 0 Å². The van der Waals surface area contributed by atoms with Crippen LogP contribution in [0.3, 0.4) is 0 Å². The van der Waals surface area contributed by atoms with Gasteiger partial charge in [0.2, 0.25) is 5.91 Å². The van der Waals surface area contributed by atoms with Gasteiger partial charge in [-0.2, -0.15) is 5.10 Å². The van der Waals surface area contributed by atoms with Crippen molar-refractivity contribution in [3.05, 3.63) is 33.3 Å². The number of nitro groups is 1. The van der Waals surface area contributed by atoms with Gasteiger partial charge in [0.25, 0.3) is 0 Å². The molecule has 0 aliphatic rings. The minimum Gasteiger partial charge on any atom is -0.360 e. The molecule has 1 unspecified atom stereocenters. The number of amides is 1. The molecule has 9 nitrogen and oxygen atoms in total. The molecule has 9 heteroatoms. The molecule has 2 heterocycles. The number of aryl methyl sites for hydroxylation is 2. The molecule has 0 fully saturated rings. The van der Waals surface area contributed by atoms with Crippen LogP contribution < -0.4 is 5.32 Å². The van der Waals surface area contributed by atoms with Crippen molar-refractivity contribution < 1.29 is 14.2 Å². The molecular formula is C12H15N5O4. The number of carbonyl (C=O) groups is 1. The normalized spacial score (nSPS) is 12.2. The fourth-order valence-electron chi connectivity index (χ4n) is 2.06. The van der Waals surface area contributed by atoms with E-state index in [1.54, 1.807) is 26.8 Å². The number of hydrogen-bond donors (Lipinski definition) is 1. The summed E-state index contributed by atoms with van der Waals surface area (Å²) < 4.78 is 6.18. The van der Waals surface area contributed by atoms with Crippen molar-refractivity contribution in [1.82, 2.24) is 14.9 Å². The summed E-state index contributed by atoms with van der Waals surface area (Å²) in [6.07, 6.45) is 0. The smallest absolute Gasteiger partial charge is 0.312 e. The summed E-state index contributed by atoms with van der Waals surface area (Å²) in [5.74, 6) is 0.476. The number of aromatic nitrogens is 3. The highest BCUT2D eigenvalue weighted by Gasteiger charge is 2.27. The summed E-state index contributed by atoms with van der Waals surface area (Å²) in [5.41, 5.74) is 0.526. The molecule has 0 spiro atoms. The topological polar surface area (TPSA) is 116 Å². The van der Waals surface area contributed by atoms with Gasteiger partial charge in [-0.3, -0.25) is 19.6 Å². The molecule has 0 aromatic carbocycles. The van der Waals surface area contributed by atoms with Gasteiger partial charge in [-0.15, -0.1) is 0 Å². The first-order valence-corrected chi connectivity index (χ1v) is 6.25. The molecule has 2 aromatic heterocycles. The summed E-state index contributed by atoms with van der Waals surface area (Å²) in [6.45, 7) is 6.40. The van der Waals surface area contributed by atoms with E-state index in [4.69, 9.17) is 4.52 Å². The second-order valence-electron chi connectivity index (χ2n) is 4.71.